The predicted octanol–water partition coefficient (Wildman–Crippen LogP) is 2.19. The Morgan fingerprint density at radius 1 is 1.36 bits per heavy atom. The highest BCUT2D eigenvalue weighted by Crippen LogP contribution is 2.05. The summed E-state index contributed by atoms with van der Waals surface area (Å²) in [6.45, 7) is 0.415. The van der Waals surface area contributed by atoms with Gasteiger partial charge < -0.3 is 9.73 Å². The van der Waals surface area contributed by atoms with Crippen LogP contribution >= 0.6 is 0 Å². The maximum atomic E-state index is 11.7. The molecule has 0 aliphatic heterocycles. The van der Waals surface area contributed by atoms with E-state index in [9.17, 15) is 4.79 Å². The highest BCUT2D eigenvalue weighted by Gasteiger charge is 2.00. The predicted molar refractivity (Wildman–Crippen MR) is 80.9 cm³/mol. The molecule has 0 bridgehead atoms. The van der Waals surface area contributed by atoms with Crippen molar-refractivity contribution in [2.45, 2.75) is 6.54 Å². The molecule has 3 aromatic rings. The third-order valence-electron chi connectivity index (χ3n) is 2.99. The smallest absolute Gasteiger partial charge is 0.244 e. The zero-order chi connectivity index (χ0) is 15.2. The second-order valence-corrected chi connectivity index (χ2v) is 4.56. The fourth-order valence-electron chi connectivity index (χ4n) is 1.86. The molecule has 3 rings (SSSR count). The van der Waals surface area contributed by atoms with Crippen LogP contribution in [0.4, 0.5) is 0 Å². The van der Waals surface area contributed by atoms with Gasteiger partial charge in [0, 0.05) is 31.2 Å². The lowest BCUT2D eigenvalue weighted by molar-refractivity contribution is -0.116. The van der Waals surface area contributed by atoms with Crippen LogP contribution in [-0.2, 0) is 11.3 Å². The van der Waals surface area contributed by atoms with Gasteiger partial charge in [-0.25, -0.2) is 9.97 Å². The third-order valence-corrected chi connectivity index (χ3v) is 2.99. The molecular weight excluding hydrogens is 280 g/mol. The molecule has 0 saturated heterocycles. The van der Waals surface area contributed by atoms with Gasteiger partial charge in [0.25, 0.3) is 0 Å². The largest absolute Gasteiger partial charge is 0.465 e. The van der Waals surface area contributed by atoms with Gasteiger partial charge in [-0.05, 0) is 29.8 Å². The fraction of sp³-hybridized carbons (Fsp3) is 0.0625. The Balaban J connectivity index is 1.54. The Morgan fingerprint density at radius 2 is 2.32 bits per heavy atom. The number of hydrogen-bond acceptors (Lipinski definition) is 4. The lowest BCUT2D eigenvalue weighted by atomic mass is 10.2. The van der Waals surface area contributed by atoms with Gasteiger partial charge in [-0.2, -0.15) is 0 Å². The van der Waals surface area contributed by atoms with Crippen molar-refractivity contribution in [2.24, 2.45) is 0 Å². The van der Waals surface area contributed by atoms with Crippen LogP contribution in [0.3, 0.4) is 0 Å². The van der Waals surface area contributed by atoms with Crippen molar-refractivity contribution in [1.29, 1.82) is 0 Å². The molecule has 22 heavy (non-hydrogen) atoms. The molecule has 0 saturated carbocycles. The van der Waals surface area contributed by atoms with Crippen LogP contribution < -0.4 is 5.32 Å². The first-order valence-electron chi connectivity index (χ1n) is 6.74. The van der Waals surface area contributed by atoms with Crippen LogP contribution in [0.5, 0.6) is 0 Å². The van der Waals surface area contributed by atoms with Gasteiger partial charge >= 0.3 is 0 Å². The molecule has 3 heterocycles. The number of carbonyl (C=O) groups excluding carboxylic acids is 1. The minimum Gasteiger partial charge on any atom is -0.465 e. The zero-order valence-corrected chi connectivity index (χ0v) is 11.7. The van der Waals surface area contributed by atoms with Crippen LogP contribution in [0.15, 0.2) is 65.9 Å². The molecule has 1 N–H and O–H groups in total. The Kier molecular flexibility index (Phi) is 4.10. The SMILES string of the molecule is O=C(/C=C/c1ccco1)NCc1ccc(-n2ccnc2)nc1. The van der Waals surface area contributed by atoms with Crippen molar-refractivity contribution in [3.8, 4) is 5.82 Å². The number of rotatable bonds is 5. The maximum absolute atomic E-state index is 11.7. The summed E-state index contributed by atoms with van der Waals surface area (Å²) in [5, 5.41) is 2.79. The molecule has 6 nitrogen and oxygen atoms in total. The Bertz CT molecular complexity index is 744. The number of amides is 1. The Hall–Kier alpha value is -3.15. The quantitative estimate of drug-likeness (QED) is 0.732. The number of carbonyl (C=O) groups is 1. The molecule has 1 amide bonds. The van der Waals surface area contributed by atoms with Crippen molar-refractivity contribution in [2.75, 3.05) is 0 Å². The van der Waals surface area contributed by atoms with E-state index in [4.69, 9.17) is 4.42 Å². The average molecular weight is 294 g/mol. The van der Waals surface area contributed by atoms with Gasteiger partial charge in [0.15, 0.2) is 0 Å². The monoisotopic (exact) mass is 294 g/mol. The van der Waals surface area contributed by atoms with E-state index in [1.165, 1.54) is 6.08 Å². The first kappa shape index (κ1) is 13.8. The second kappa shape index (κ2) is 6.53. The lowest BCUT2D eigenvalue weighted by Gasteiger charge is -2.04. The van der Waals surface area contributed by atoms with E-state index in [1.54, 1.807) is 43.2 Å². The van der Waals surface area contributed by atoms with Gasteiger partial charge in [0.05, 0.1) is 6.26 Å². The highest BCUT2D eigenvalue weighted by molar-refractivity contribution is 5.91. The summed E-state index contributed by atoms with van der Waals surface area (Å²) in [7, 11) is 0. The van der Waals surface area contributed by atoms with E-state index in [2.05, 4.69) is 15.3 Å². The number of imidazole rings is 1. The number of hydrogen-bond donors (Lipinski definition) is 1. The molecule has 0 unspecified atom stereocenters. The van der Waals surface area contributed by atoms with Crippen molar-refractivity contribution < 1.29 is 9.21 Å². The molecule has 0 aromatic carbocycles. The topological polar surface area (TPSA) is 73.0 Å². The minimum atomic E-state index is -0.185. The summed E-state index contributed by atoms with van der Waals surface area (Å²) in [6.07, 6.45) is 11.5. The van der Waals surface area contributed by atoms with Crippen LogP contribution in [-0.4, -0.2) is 20.4 Å². The Labute approximate surface area is 127 Å². The van der Waals surface area contributed by atoms with E-state index in [1.807, 2.05) is 22.9 Å². The molecular formula is C16H14N4O2. The van der Waals surface area contributed by atoms with E-state index in [0.29, 0.717) is 12.3 Å². The first-order valence-corrected chi connectivity index (χ1v) is 6.74. The summed E-state index contributed by atoms with van der Waals surface area (Å²) in [5.74, 6) is 1.24. The van der Waals surface area contributed by atoms with Crippen molar-refractivity contribution in [3.05, 3.63) is 72.8 Å². The van der Waals surface area contributed by atoms with E-state index < -0.39 is 0 Å². The Morgan fingerprint density at radius 3 is 3.00 bits per heavy atom. The summed E-state index contributed by atoms with van der Waals surface area (Å²) in [5.41, 5.74) is 0.920. The third kappa shape index (κ3) is 3.49. The summed E-state index contributed by atoms with van der Waals surface area (Å²) < 4.78 is 6.92. The molecule has 0 atom stereocenters. The molecule has 110 valence electrons. The van der Waals surface area contributed by atoms with Crippen molar-refractivity contribution >= 4 is 12.0 Å². The fourth-order valence-corrected chi connectivity index (χ4v) is 1.86. The second-order valence-electron chi connectivity index (χ2n) is 4.56. The van der Waals surface area contributed by atoms with Gasteiger partial charge in [-0.15, -0.1) is 0 Å². The van der Waals surface area contributed by atoms with E-state index >= 15 is 0 Å². The molecule has 0 radical (unpaired) electrons. The van der Waals surface area contributed by atoms with E-state index in [0.717, 1.165) is 11.4 Å². The van der Waals surface area contributed by atoms with Gasteiger partial charge in [0.1, 0.15) is 17.9 Å². The number of nitrogens with zero attached hydrogens (tertiary/aromatic N) is 3. The minimum absolute atomic E-state index is 0.185. The number of pyridine rings is 1. The van der Waals surface area contributed by atoms with Gasteiger partial charge in [-0.1, -0.05) is 6.07 Å². The van der Waals surface area contributed by atoms with Crippen molar-refractivity contribution in [3.63, 3.8) is 0 Å². The highest BCUT2D eigenvalue weighted by atomic mass is 16.3. The first-order chi connectivity index (χ1) is 10.8. The summed E-state index contributed by atoms with van der Waals surface area (Å²) in [4.78, 5) is 20.0. The van der Waals surface area contributed by atoms with Gasteiger partial charge in [0.2, 0.25) is 5.91 Å². The number of aromatic nitrogens is 3. The molecule has 0 aliphatic carbocycles. The zero-order valence-electron chi connectivity index (χ0n) is 11.7. The number of furan rings is 1. The molecule has 0 spiro atoms. The normalized spacial score (nSPS) is 10.9. The lowest BCUT2D eigenvalue weighted by Crippen LogP contribution is -2.20. The number of nitrogens with one attached hydrogen (secondary N) is 1. The maximum Gasteiger partial charge on any atom is 0.244 e. The van der Waals surface area contributed by atoms with Crippen LogP contribution in [0.25, 0.3) is 11.9 Å². The molecule has 0 aliphatic rings. The van der Waals surface area contributed by atoms with Crippen LogP contribution in [0.2, 0.25) is 0 Å². The van der Waals surface area contributed by atoms with Crippen molar-refractivity contribution in [1.82, 2.24) is 19.9 Å². The van der Waals surface area contributed by atoms with E-state index in [-0.39, 0.29) is 5.91 Å². The average Bonchev–Trinajstić information content (AvgIpc) is 3.24. The summed E-state index contributed by atoms with van der Waals surface area (Å²) in [6, 6.07) is 7.34. The molecule has 6 heteroatoms. The summed E-state index contributed by atoms with van der Waals surface area (Å²) >= 11 is 0. The standard InChI is InChI=1S/C16H14N4O2/c21-16(6-4-14-2-1-9-22-14)19-11-13-3-5-15(18-10-13)20-8-7-17-12-20/h1-10,12H,11H2,(H,19,21)/b6-4+. The molecule has 0 fully saturated rings. The molecule has 3 aromatic heterocycles. The van der Waals surface area contributed by atoms with Crippen LogP contribution in [0.1, 0.15) is 11.3 Å². The van der Waals surface area contributed by atoms with Gasteiger partial charge in [-0.3, -0.25) is 9.36 Å². The van der Waals surface area contributed by atoms with Crippen LogP contribution in [0, 0.1) is 0 Å².